The quantitative estimate of drug-likeness (QED) is 0.639. The number of nitrogens with one attached hydrogen (secondary N) is 2. The molecule has 0 bridgehead atoms. The van der Waals surface area contributed by atoms with E-state index in [-0.39, 0.29) is 24.0 Å². The van der Waals surface area contributed by atoms with Crippen molar-refractivity contribution >= 4 is 44.9 Å². The van der Waals surface area contributed by atoms with Gasteiger partial charge in [0, 0.05) is 12.6 Å². The second-order valence-electron chi connectivity index (χ2n) is 6.08. The molecule has 2 N–H and O–H groups in total. The molecule has 7 heteroatoms. The minimum absolute atomic E-state index is 0.226. The molecule has 3 rings (SSSR count). The van der Waals surface area contributed by atoms with Crippen LogP contribution in [0.2, 0.25) is 0 Å². The number of carbonyl (C=O) groups excluding carboxylic acids is 3. The molecular weight excluding hydrogens is 376 g/mol. The third kappa shape index (κ3) is 3.75. The number of ether oxygens (including phenoxy) is 1. The van der Waals surface area contributed by atoms with E-state index in [0.29, 0.717) is 21.0 Å². The van der Waals surface area contributed by atoms with E-state index >= 15 is 0 Å². The number of rotatable bonds is 5. The molecule has 2 amide bonds. The summed E-state index contributed by atoms with van der Waals surface area (Å²) in [6, 6.07) is 13.1. The van der Waals surface area contributed by atoms with Crippen molar-refractivity contribution in [1.82, 2.24) is 5.32 Å². The maximum Gasteiger partial charge on any atom is 0.348 e. The van der Waals surface area contributed by atoms with E-state index in [1.807, 2.05) is 30.3 Å². The number of esters is 1. The van der Waals surface area contributed by atoms with Crippen LogP contribution in [-0.4, -0.2) is 31.4 Å². The van der Waals surface area contributed by atoms with Gasteiger partial charge in [-0.25, -0.2) is 4.79 Å². The Morgan fingerprint density at radius 1 is 1.04 bits per heavy atom. The first-order valence-electron chi connectivity index (χ1n) is 8.79. The van der Waals surface area contributed by atoms with Gasteiger partial charge in [0.1, 0.15) is 9.88 Å². The molecule has 28 heavy (non-hydrogen) atoms. The van der Waals surface area contributed by atoms with Crippen molar-refractivity contribution in [2.45, 2.75) is 13.8 Å². The third-order valence-corrected chi connectivity index (χ3v) is 5.49. The Hall–Kier alpha value is -3.19. The number of thiophene rings is 1. The lowest BCUT2D eigenvalue weighted by Gasteiger charge is -2.07. The van der Waals surface area contributed by atoms with E-state index in [9.17, 15) is 14.4 Å². The summed E-state index contributed by atoms with van der Waals surface area (Å²) in [6.07, 6.45) is 0. The molecule has 1 heterocycles. The molecule has 2 aromatic carbocycles. The Bertz CT molecular complexity index is 1070. The van der Waals surface area contributed by atoms with Crippen molar-refractivity contribution in [2.75, 3.05) is 19.0 Å². The van der Waals surface area contributed by atoms with Crippen LogP contribution in [0.3, 0.4) is 0 Å². The largest absolute Gasteiger partial charge is 0.462 e. The second-order valence-corrected chi connectivity index (χ2v) is 7.10. The van der Waals surface area contributed by atoms with Crippen molar-refractivity contribution in [2.24, 2.45) is 0 Å². The highest BCUT2D eigenvalue weighted by Crippen LogP contribution is 2.34. The molecule has 0 radical (unpaired) electrons. The highest BCUT2D eigenvalue weighted by atomic mass is 32.1. The van der Waals surface area contributed by atoms with Crippen molar-refractivity contribution in [3.8, 4) is 0 Å². The fraction of sp³-hybridized carbons (Fsp3) is 0.190. The van der Waals surface area contributed by atoms with E-state index in [1.165, 1.54) is 7.05 Å². The fourth-order valence-corrected chi connectivity index (χ4v) is 3.99. The number of benzene rings is 2. The fourth-order valence-electron chi connectivity index (χ4n) is 2.90. The Morgan fingerprint density at radius 2 is 1.75 bits per heavy atom. The summed E-state index contributed by atoms with van der Waals surface area (Å²) in [7, 11) is 1.50. The number of hydrogen-bond donors (Lipinski definition) is 2. The summed E-state index contributed by atoms with van der Waals surface area (Å²) in [5.74, 6) is -1.24. The van der Waals surface area contributed by atoms with Crippen molar-refractivity contribution in [3.05, 3.63) is 64.0 Å². The van der Waals surface area contributed by atoms with Crippen LogP contribution >= 0.6 is 11.3 Å². The van der Waals surface area contributed by atoms with E-state index in [4.69, 9.17) is 4.74 Å². The van der Waals surface area contributed by atoms with Crippen molar-refractivity contribution in [3.63, 3.8) is 0 Å². The van der Waals surface area contributed by atoms with Crippen LogP contribution in [-0.2, 0) is 4.74 Å². The zero-order valence-corrected chi connectivity index (χ0v) is 16.6. The first kappa shape index (κ1) is 19.6. The zero-order chi connectivity index (χ0) is 20.3. The molecule has 0 unspecified atom stereocenters. The van der Waals surface area contributed by atoms with Gasteiger partial charge in [0.15, 0.2) is 0 Å². The normalized spacial score (nSPS) is 10.5. The molecule has 1 aromatic heterocycles. The molecule has 3 aromatic rings. The SMILES string of the molecule is CCOC(=O)c1sc(NC(=O)c2ccc3ccccc3c2)c(C(=O)NC)c1C. The van der Waals surface area contributed by atoms with E-state index in [1.54, 1.807) is 26.0 Å². The average Bonchev–Trinajstić information content (AvgIpc) is 3.03. The van der Waals surface area contributed by atoms with Crippen LogP contribution in [0.4, 0.5) is 5.00 Å². The third-order valence-electron chi connectivity index (χ3n) is 4.30. The van der Waals surface area contributed by atoms with Crippen molar-refractivity contribution in [1.29, 1.82) is 0 Å². The second kappa shape index (κ2) is 8.22. The molecule has 0 aliphatic heterocycles. The number of amides is 2. The molecule has 0 atom stereocenters. The van der Waals surface area contributed by atoms with Gasteiger partial charge in [-0.1, -0.05) is 30.3 Å². The topological polar surface area (TPSA) is 84.5 Å². The maximum absolute atomic E-state index is 12.8. The predicted molar refractivity (Wildman–Crippen MR) is 110 cm³/mol. The maximum atomic E-state index is 12.8. The molecule has 144 valence electrons. The van der Waals surface area contributed by atoms with Gasteiger partial charge in [-0.15, -0.1) is 11.3 Å². The van der Waals surface area contributed by atoms with Crippen LogP contribution in [0.25, 0.3) is 10.8 Å². The van der Waals surface area contributed by atoms with Gasteiger partial charge < -0.3 is 15.4 Å². The molecule has 0 fully saturated rings. The van der Waals surface area contributed by atoms with Gasteiger partial charge in [0.2, 0.25) is 0 Å². The molecule has 0 aliphatic rings. The van der Waals surface area contributed by atoms with Gasteiger partial charge in [-0.05, 0) is 42.3 Å². The van der Waals surface area contributed by atoms with Crippen LogP contribution in [0.5, 0.6) is 0 Å². The standard InChI is InChI=1S/C21H20N2O4S/c1-4-27-21(26)17-12(2)16(19(25)22-3)20(28-17)23-18(24)15-10-9-13-7-5-6-8-14(13)11-15/h5-11H,4H2,1-3H3,(H,22,25)(H,23,24). The number of fused-ring (bicyclic) bond motifs is 1. The summed E-state index contributed by atoms with van der Waals surface area (Å²) < 4.78 is 5.06. The lowest BCUT2D eigenvalue weighted by Crippen LogP contribution is -2.21. The Morgan fingerprint density at radius 3 is 2.43 bits per heavy atom. The van der Waals surface area contributed by atoms with Gasteiger partial charge in [0.05, 0.1) is 12.2 Å². The van der Waals surface area contributed by atoms with Gasteiger partial charge >= 0.3 is 5.97 Å². The lowest BCUT2D eigenvalue weighted by molar-refractivity contribution is 0.0531. The molecule has 0 spiro atoms. The van der Waals surface area contributed by atoms with Gasteiger partial charge in [-0.3, -0.25) is 9.59 Å². The highest BCUT2D eigenvalue weighted by molar-refractivity contribution is 7.18. The number of anilines is 1. The summed E-state index contributed by atoms with van der Waals surface area (Å²) in [4.78, 5) is 37.6. The number of carbonyl (C=O) groups is 3. The molecule has 0 saturated carbocycles. The molecule has 0 saturated heterocycles. The zero-order valence-electron chi connectivity index (χ0n) is 15.8. The Balaban J connectivity index is 1.97. The van der Waals surface area contributed by atoms with E-state index < -0.39 is 5.97 Å². The van der Waals surface area contributed by atoms with Crippen LogP contribution in [0, 0.1) is 6.92 Å². The summed E-state index contributed by atoms with van der Waals surface area (Å²) in [6.45, 7) is 3.60. The van der Waals surface area contributed by atoms with E-state index in [0.717, 1.165) is 22.1 Å². The van der Waals surface area contributed by atoms with Crippen LogP contribution in [0.15, 0.2) is 42.5 Å². The summed E-state index contributed by atoms with van der Waals surface area (Å²) in [5.41, 5.74) is 1.21. The molecular formula is C21H20N2O4S. The Labute approximate surface area is 166 Å². The van der Waals surface area contributed by atoms with Crippen LogP contribution in [0.1, 0.15) is 42.9 Å². The van der Waals surface area contributed by atoms with Crippen LogP contribution < -0.4 is 10.6 Å². The molecule has 6 nitrogen and oxygen atoms in total. The first-order chi connectivity index (χ1) is 13.5. The average molecular weight is 396 g/mol. The number of hydrogen-bond acceptors (Lipinski definition) is 5. The minimum atomic E-state index is -0.513. The highest BCUT2D eigenvalue weighted by Gasteiger charge is 2.26. The lowest BCUT2D eigenvalue weighted by atomic mass is 10.1. The smallest absolute Gasteiger partial charge is 0.348 e. The predicted octanol–water partition coefficient (Wildman–Crippen LogP) is 4.00. The van der Waals surface area contributed by atoms with Crippen molar-refractivity contribution < 1.29 is 19.1 Å². The molecule has 0 aliphatic carbocycles. The van der Waals surface area contributed by atoms with E-state index in [2.05, 4.69) is 10.6 Å². The first-order valence-corrected chi connectivity index (χ1v) is 9.60. The minimum Gasteiger partial charge on any atom is -0.462 e. The van der Waals surface area contributed by atoms with Gasteiger partial charge in [0.25, 0.3) is 11.8 Å². The van der Waals surface area contributed by atoms with Gasteiger partial charge in [-0.2, -0.15) is 0 Å². The monoisotopic (exact) mass is 396 g/mol. The Kier molecular flexibility index (Phi) is 5.75. The summed E-state index contributed by atoms with van der Waals surface area (Å²) >= 11 is 1.04. The summed E-state index contributed by atoms with van der Waals surface area (Å²) in [5, 5.41) is 7.61.